The molecule has 2 aromatic rings. The van der Waals surface area contributed by atoms with Gasteiger partial charge >= 0.3 is 0 Å². The highest BCUT2D eigenvalue weighted by molar-refractivity contribution is 9.10. The van der Waals surface area contributed by atoms with Crippen LogP contribution in [0.5, 0.6) is 0 Å². The van der Waals surface area contributed by atoms with Gasteiger partial charge in [0.2, 0.25) is 0 Å². The molecule has 1 heterocycles. The molecule has 0 unspecified atom stereocenters. The number of hydrogen-bond acceptors (Lipinski definition) is 3. The zero-order valence-electron chi connectivity index (χ0n) is 11.3. The van der Waals surface area contributed by atoms with Crippen LogP contribution in [0.3, 0.4) is 0 Å². The fourth-order valence-electron chi connectivity index (χ4n) is 2.52. The van der Waals surface area contributed by atoms with Gasteiger partial charge in [0.25, 0.3) is 0 Å². The smallest absolute Gasteiger partial charge is 0.0629 e. The summed E-state index contributed by atoms with van der Waals surface area (Å²) in [6.45, 7) is 2.34. The Hall–Kier alpha value is -1.68. The molecular formula is C16H18BrN3. The molecule has 0 saturated carbocycles. The molecule has 0 radical (unpaired) electrons. The average molecular weight is 332 g/mol. The summed E-state index contributed by atoms with van der Waals surface area (Å²) in [7, 11) is 0. The standard InChI is InChI=1S/C16H18BrN3/c17-12-3-8-15(18)16(11-12)19-13-4-6-14(7-5-13)20-9-1-2-10-20/h3-8,11,19H,1-2,9-10,18H2. The van der Waals surface area contributed by atoms with E-state index in [0.29, 0.717) is 0 Å². The molecule has 2 aromatic carbocycles. The molecule has 1 aliphatic rings. The van der Waals surface area contributed by atoms with E-state index < -0.39 is 0 Å². The Morgan fingerprint density at radius 2 is 1.70 bits per heavy atom. The van der Waals surface area contributed by atoms with Crippen molar-refractivity contribution in [2.24, 2.45) is 0 Å². The number of halogens is 1. The lowest BCUT2D eigenvalue weighted by molar-refractivity contribution is 0.949. The zero-order valence-corrected chi connectivity index (χ0v) is 12.9. The molecule has 0 aliphatic carbocycles. The number of benzene rings is 2. The van der Waals surface area contributed by atoms with Crippen LogP contribution in [0.4, 0.5) is 22.7 Å². The summed E-state index contributed by atoms with van der Waals surface area (Å²) < 4.78 is 1.02. The first kappa shape index (κ1) is 13.3. The highest BCUT2D eigenvalue weighted by atomic mass is 79.9. The van der Waals surface area contributed by atoms with Crippen molar-refractivity contribution in [1.29, 1.82) is 0 Å². The van der Waals surface area contributed by atoms with Gasteiger partial charge in [0.05, 0.1) is 11.4 Å². The summed E-state index contributed by atoms with van der Waals surface area (Å²) in [5, 5.41) is 3.36. The molecule has 3 N–H and O–H groups in total. The maximum atomic E-state index is 5.98. The van der Waals surface area contributed by atoms with Crippen LogP contribution in [-0.4, -0.2) is 13.1 Å². The van der Waals surface area contributed by atoms with E-state index >= 15 is 0 Å². The van der Waals surface area contributed by atoms with Crippen molar-refractivity contribution in [3.05, 3.63) is 46.9 Å². The quantitative estimate of drug-likeness (QED) is 0.820. The van der Waals surface area contributed by atoms with Crippen molar-refractivity contribution in [2.45, 2.75) is 12.8 Å². The van der Waals surface area contributed by atoms with E-state index in [0.717, 1.165) is 21.5 Å². The topological polar surface area (TPSA) is 41.3 Å². The molecule has 20 heavy (non-hydrogen) atoms. The summed E-state index contributed by atoms with van der Waals surface area (Å²) in [6.07, 6.45) is 2.60. The van der Waals surface area contributed by atoms with Gasteiger partial charge in [-0.25, -0.2) is 0 Å². The number of nitrogens with two attached hydrogens (primary N) is 1. The van der Waals surface area contributed by atoms with Gasteiger partial charge in [-0.3, -0.25) is 0 Å². The van der Waals surface area contributed by atoms with Crippen LogP contribution >= 0.6 is 15.9 Å². The summed E-state index contributed by atoms with van der Waals surface area (Å²) in [5.74, 6) is 0. The summed E-state index contributed by atoms with van der Waals surface area (Å²) in [5.41, 5.74) is 10.0. The van der Waals surface area contributed by atoms with Crippen molar-refractivity contribution in [2.75, 3.05) is 29.0 Å². The zero-order chi connectivity index (χ0) is 13.9. The maximum absolute atomic E-state index is 5.98. The molecule has 104 valence electrons. The van der Waals surface area contributed by atoms with Gasteiger partial charge in [-0.2, -0.15) is 0 Å². The van der Waals surface area contributed by atoms with E-state index in [9.17, 15) is 0 Å². The van der Waals surface area contributed by atoms with Crippen LogP contribution in [0.25, 0.3) is 0 Å². The third-order valence-corrected chi connectivity index (χ3v) is 4.13. The largest absolute Gasteiger partial charge is 0.397 e. The molecule has 3 rings (SSSR count). The van der Waals surface area contributed by atoms with Crippen molar-refractivity contribution >= 4 is 38.7 Å². The highest BCUT2D eigenvalue weighted by Gasteiger charge is 2.11. The van der Waals surface area contributed by atoms with E-state index in [1.54, 1.807) is 0 Å². The normalized spacial score (nSPS) is 14.6. The van der Waals surface area contributed by atoms with Crippen LogP contribution in [-0.2, 0) is 0 Å². The number of anilines is 4. The van der Waals surface area contributed by atoms with Crippen molar-refractivity contribution < 1.29 is 0 Å². The second kappa shape index (κ2) is 5.75. The lowest BCUT2D eigenvalue weighted by Crippen LogP contribution is -2.17. The molecule has 1 saturated heterocycles. The number of hydrogen-bond donors (Lipinski definition) is 2. The van der Waals surface area contributed by atoms with Crippen LogP contribution in [0.15, 0.2) is 46.9 Å². The Labute approximate surface area is 127 Å². The molecule has 0 bridgehead atoms. The minimum Gasteiger partial charge on any atom is -0.397 e. The minimum absolute atomic E-state index is 0.747. The van der Waals surface area contributed by atoms with Crippen molar-refractivity contribution in [3.8, 4) is 0 Å². The van der Waals surface area contributed by atoms with Gasteiger partial charge in [0.15, 0.2) is 0 Å². The van der Waals surface area contributed by atoms with Crippen molar-refractivity contribution in [1.82, 2.24) is 0 Å². The molecule has 0 atom stereocenters. The SMILES string of the molecule is Nc1ccc(Br)cc1Nc1ccc(N2CCCC2)cc1. The van der Waals surface area contributed by atoms with Gasteiger partial charge in [0, 0.05) is 28.9 Å². The summed E-state index contributed by atoms with van der Waals surface area (Å²) in [6, 6.07) is 14.4. The number of nitrogens with zero attached hydrogens (tertiary/aromatic N) is 1. The van der Waals surface area contributed by atoms with Crippen LogP contribution in [0.2, 0.25) is 0 Å². The monoisotopic (exact) mass is 331 g/mol. The van der Waals surface area contributed by atoms with Crippen LogP contribution in [0.1, 0.15) is 12.8 Å². The fraction of sp³-hybridized carbons (Fsp3) is 0.250. The third kappa shape index (κ3) is 2.90. The number of nitrogen functional groups attached to an aromatic ring is 1. The molecule has 0 amide bonds. The number of rotatable bonds is 3. The third-order valence-electron chi connectivity index (χ3n) is 3.63. The molecule has 3 nitrogen and oxygen atoms in total. The molecule has 0 aromatic heterocycles. The molecule has 0 spiro atoms. The minimum atomic E-state index is 0.747. The first-order valence-electron chi connectivity index (χ1n) is 6.89. The fourth-order valence-corrected chi connectivity index (χ4v) is 2.88. The van der Waals surface area contributed by atoms with Gasteiger partial charge < -0.3 is 16.0 Å². The molecule has 1 aliphatic heterocycles. The Kier molecular flexibility index (Phi) is 3.83. The van der Waals surface area contributed by atoms with Gasteiger partial charge in [-0.1, -0.05) is 15.9 Å². The van der Waals surface area contributed by atoms with Crippen LogP contribution < -0.4 is 16.0 Å². The second-order valence-corrected chi connectivity index (χ2v) is 6.01. The van der Waals surface area contributed by atoms with E-state index in [1.165, 1.54) is 31.6 Å². The Bertz CT molecular complexity index is 589. The second-order valence-electron chi connectivity index (χ2n) is 5.10. The van der Waals surface area contributed by atoms with Crippen molar-refractivity contribution in [3.63, 3.8) is 0 Å². The van der Waals surface area contributed by atoms with Crippen LogP contribution in [0, 0.1) is 0 Å². The predicted molar refractivity (Wildman–Crippen MR) is 89.7 cm³/mol. The molecule has 4 heteroatoms. The first-order chi connectivity index (χ1) is 9.72. The van der Waals surface area contributed by atoms with E-state index in [2.05, 4.69) is 50.4 Å². The summed E-state index contributed by atoms with van der Waals surface area (Å²) >= 11 is 3.46. The maximum Gasteiger partial charge on any atom is 0.0629 e. The van der Waals surface area contributed by atoms with Gasteiger partial charge in [-0.15, -0.1) is 0 Å². The first-order valence-corrected chi connectivity index (χ1v) is 7.69. The Morgan fingerprint density at radius 1 is 1.00 bits per heavy atom. The van der Waals surface area contributed by atoms with E-state index in [1.807, 2.05) is 18.2 Å². The van der Waals surface area contributed by atoms with E-state index in [4.69, 9.17) is 5.73 Å². The predicted octanol–water partition coefficient (Wildman–Crippen LogP) is 4.38. The van der Waals surface area contributed by atoms with E-state index in [-0.39, 0.29) is 0 Å². The lowest BCUT2D eigenvalue weighted by Gasteiger charge is -2.18. The average Bonchev–Trinajstić information content (AvgIpc) is 2.98. The molecular weight excluding hydrogens is 314 g/mol. The Balaban J connectivity index is 1.76. The summed E-state index contributed by atoms with van der Waals surface area (Å²) in [4.78, 5) is 2.43. The number of nitrogens with one attached hydrogen (secondary N) is 1. The molecule has 1 fully saturated rings. The van der Waals surface area contributed by atoms with Gasteiger partial charge in [0.1, 0.15) is 0 Å². The lowest BCUT2D eigenvalue weighted by atomic mass is 10.2. The highest BCUT2D eigenvalue weighted by Crippen LogP contribution is 2.28. The van der Waals surface area contributed by atoms with Gasteiger partial charge in [-0.05, 0) is 55.3 Å². The Morgan fingerprint density at radius 3 is 2.40 bits per heavy atom.